The van der Waals surface area contributed by atoms with Gasteiger partial charge in [0.25, 0.3) is 0 Å². The summed E-state index contributed by atoms with van der Waals surface area (Å²) in [5.41, 5.74) is 6.84. The summed E-state index contributed by atoms with van der Waals surface area (Å²) in [5, 5.41) is 0. The Hall–Kier alpha value is -1.56. The van der Waals surface area contributed by atoms with E-state index in [-0.39, 0.29) is 0 Å². The first-order valence-electron chi connectivity index (χ1n) is 10.3. The number of benzene rings is 2. The standard InChI is InChI=1S/C22H30/c1-13(2)20-11-19(12-21(14(3)4)18(20)8)22-16(6)9-15(5)10-17(22)7/h9-14H,1-8H3/i5D3,13D,14D. The first-order chi connectivity index (χ1) is 12.0. The number of hydrogen-bond acceptors (Lipinski definition) is 0. The van der Waals surface area contributed by atoms with Crippen molar-refractivity contribution >= 4 is 0 Å². The Morgan fingerprint density at radius 2 is 1.27 bits per heavy atom. The van der Waals surface area contributed by atoms with Gasteiger partial charge in [-0.3, -0.25) is 0 Å². The highest BCUT2D eigenvalue weighted by Crippen LogP contribution is 2.35. The molecule has 0 aromatic heterocycles. The molecule has 2 rings (SSSR count). The van der Waals surface area contributed by atoms with Crippen LogP contribution in [-0.4, -0.2) is 0 Å². The molecule has 0 aliphatic carbocycles. The fourth-order valence-corrected chi connectivity index (χ4v) is 3.32. The highest BCUT2D eigenvalue weighted by molar-refractivity contribution is 5.73. The van der Waals surface area contributed by atoms with Crippen molar-refractivity contribution in [2.45, 2.75) is 67.1 Å². The second-order valence-corrected chi connectivity index (χ2v) is 6.68. The van der Waals surface area contributed by atoms with Gasteiger partial charge >= 0.3 is 0 Å². The molecule has 0 radical (unpaired) electrons. The predicted octanol–water partition coefficient (Wildman–Crippen LogP) is 6.83. The maximum atomic E-state index is 8.56. The molecular weight excluding hydrogens is 264 g/mol. The first kappa shape index (κ1) is 11.0. The van der Waals surface area contributed by atoms with Crippen LogP contribution in [0.2, 0.25) is 0 Å². The van der Waals surface area contributed by atoms with E-state index < -0.39 is 18.6 Å². The molecule has 0 heterocycles. The molecule has 2 aromatic carbocycles. The summed E-state index contributed by atoms with van der Waals surface area (Å²) in [6.07, 6.45) is 0. The summed E-state index contributed by atoms with van der Waals surface area (Å²) in [4.78, 5) is 0. The third-order valence-electron chi connectivity index (χ3n) is 4.31. The first-order valence-corrected chi connectivity index (χ1v) is 7.81. The van der Waals surface area contributed by atoms with E-state index in [2.05, 4.69) is 0 Å². The van der Waals surface area contributed by atoms with E-state index in [0.717, 1.165) is 38.9 Å². The molecule has 0 atom stereocenters. The molecule has 0 saturated carbocycles. The van der Waals surface area contributed by atoms with Crippen LogP contribution in [0.3, 0.4) is 0 Å². The van der Waals surface area contributed by atoms with Crippen LogP contribution >= 0.6 is 0 Å². The van der Waals surface area contributed by atoms with Crippen LogP contribution in [0.1, 0.15) is 79.7 Å². The summed E-state index contributed by atoms with van der Waals surface area (Å²) in [6.45, 7) is 11.1. The molecular formula is C22H30. The van der Waals surface area contributed by atoms with Gasteiger partial charge in [-0.15, -0.1) is 0 Å². The Labute approximate surface area is 143 Å². The van der Waals surface area contributed by atoms with Crippen molar-refractivity contribution in [3.63, 3.8) is 0 Å². The molecule has 0 fully saturated rings. The summed E-state index contributed by atoms with van der Waals surface area (Å²) < 4.78 is 40.2. The van der Waals surface area contributed by atoms with Gasteiger partial charge in [-0.25, -0.2) is 0 Å². The van der Waals surface area contributed by atoms with Gasteiger partial charge in [-0.2, -0.15) is 0 Å². The topological polar surface area (TPSA) is 0 Å². The van der Waals surface area contributed by atoms with Crippen molar-refractivity contribution in [1.82, 2.24) is 0 Å². The number of hydrogen-bond donors (Lipinski definition) is 0. The van der Waals surface area contributed by atoms with Crippen LogP contribution < -0.4 is 0 Å². The van der Waals surface area contributed by atoms with Crippen LogP contribution in [0.25, 0.3) is 11.1 Å². The summed E-state index contributed by atoms with van der Waals surface area (Å²) in [7, 11) is 0. The van der Waals surface area contributed by atoms with Crippen LogP contribution in [0.15, 0.2) is 24.3 Å². The molecule has 0 amide bonds. The molecule has 0 nitrogen and oxygen atoms in total. The molecule has 22 heavy (non-hydrogen) atoms. The second-order valence-electron chi connectivity index (χ2n) is 6.68. The van der Waals surface area contributed by atoms with Gasteiger partial charge in [-0.1, -0.05) is 57.5 Å². The number of aryl methyl sites for hydroxylation is 3. The lowest BCUT2D eigenvalue weighted by Crippen LogP contribution is -2.02. The van der Waals surface area contributed by atoms with Crippen LogP contribution in [0.4, 0.5) is 0 Å². The monoisotopic (exact) mass is 299 g/mol. The average molecular weight is 300 g/mol. The third-order valence-corrected chi connectivity index (χ3v) is 4.31. The minimum absolute atomic E-state index is 0.343. The minimum Gasteiger partial charge on any atom is -0.0587 e. The van der Waals surface area contributed by atoms with Gasteiger partial charge in [0.15, 0.2) is 0 Å². The Morgan fingerprint density at radius 1 is 0.818 bits per heavy atom. The Balaban J connectivity index is 2.84. The normalized spacial score (nSPS) is 16.4. The largest absolute Gasteiger partial charge is 0.0587 e. The van der Waals surface area contributed by atoms with Crippen molar-refractivity contribution < 1.29 is 6.85 Å². The summed E-state index contributed by atoms with van der Waals surface area (Å²) in [5.74, 6) is -1.58. The molecule has 118 valence electrons. The lowest BCUT2D eigenvalue weighted by molar-refractivity contribution is 0.818. The lowest BCUT2D eigenvalue weighted by atomic mass is 9.84. The van der Waals surface area contributed by atoms with E-state index in [1.54, 1.807) is 12.1 Å². The van der Waals surface area contributed by atoms with Gasteiger partial charge in [0, 0.05) is 6.85 Å². The molecule has 0 spiro atoms. The average Bonchev–Trinajstić information content (AvgIpc) is 2.44. The molecule has 0 aliphatic heterocycles. The predicted molar refractivity (Wildman–Crippen MR) is 99.0 cm³/mol. The van der Waals surface area contributed by atoms with Gasteiger partial charge in [-0.05, 0) is 78.4 Å². The van der Waals surface area contributed by atoms with Crippen LogP contribution in [0, 0.1) is 27.6 Å². The zero-order chi connectivity index (χ0) is 20.9. The molecule has 0 saturated heterocycles. The lowest BCUT2D eigenvalue weighted by Gasteiger charge is -2.21. The number of rotatable bonds is 3. The minimum atomic E-state index is -2.13. The molecule has 0 N–H and O–H groups in total. The Bertz CT molecular complexity index is 804. The van der Waals surface area contributed by atoms with Gasteiger partial charge < -0.3 is 0 Å². The maximum Gasteiger partial charge on any atom is 0.0347 e. The summed E-state index contributed by atoms with van der Waals surface area (Å²) >= 11 is 0. The SMILES string of the molecule is [2H]C([2H])([2H])c1cc(C)c(-c2cc(C([2H])(C)C)c(C)c(C([2H])(C)C)c2)c(C)c1. The third kappa shape index (κ3) is 3.11. The molecule has 2 aromatic rings. The van der Waals surface area contributed by atoms with Crippen molar-refractivity contribution in [1.29, 1.82) is 0 Å². The highest BCUT2D eigenvalue weighted by Gasteiger charge is 2.15. The van der Waals surface area contributed by atoms with E-state index >= 15 is 0 Å². The summed E-state index contributed by atoms with van der Waals surface area (Å²) in [6, 6.07) is 7.52. The maximum absolute atomic E-state index is 8.56. The second kappa shape index (κ2) is 6.28. The molecule has 0 aliphatic rings. The fourth-order valence-electron chi connectivity index (χ4n) is 3.32. The Kier molecular flexibility index (Phi) is 3.15. The molecule has 0 bridgehead atoms. The highest BCUT2D eigenvalue weighted by atomic mass is 14.2. The zero-order valence-corrected chi connectivity index (χ0v) is 14.8. The molecule has 0 unspecified atom stereocenters. The zero-order valence-electron chi connectivity index (χ0n) is 19.8. The van der Waals surface area contributed by atoms with E-state index in [0.29, 0.717) is 5.56 Å². The van der Waals surface area contributed by atoms with Gasteiger partial charge in [0.05, 0.1) is 0 Å². The van der Waals surface area contributed by atoms with Crippen molar-refractivity contribution in [2.24, 2.45) is 0 Å². The Morgan fingerprint density at radius 3 is 1.64 bits per heavy atom. The van der Waals surface area contributed by atoms with E-state index in [9.17, 15) is 0 Å². The van der Waals surface area contributed by atoms with E-state index in [1.807, 2.05) is 60.6 Å². The fraction of sp³-hybridized carbons (Fsp3) is 0.455. The van der Waals surface area contributed by atoms with E-state index in [4.69, 9.17) is 6.85 Å². The smallest absolute Gasteiger partial charge is 0.0347 e. The van der Waals surface area contributed by atoms with Crippen molar-refractivity contribution in [3.8, 4) is 11.1 Å². The van der Waals surface area contributed by atoms with E-state index in [1.165, 1.54) is 0 Å². The molecule has 0 heteroatoms. The van der Waals surface area contributed by atoms with Gasteiger partial charge in [0.1, 0.15) is 0 Å². The van der Waals surface area contributed by atoms with Crippen LogP contribution in [-0.2, 0) is 0 Å². The van der Waals surface area contributed by atoms with Crippen LogP contribution in [0.5, 0.6) is 0 Å². The quantitative estimate of drug-likeness (QED) is 0.582. The van der Waals surface area contributed by atoms with Crippen molar-refractivity contribution in [2.75, 3.05) is 0 Å². The van der Waals surface area contributed by atoms with Gasteiger partial charge in [0.2, 0.25) is 0 Å². The van der Waals surface area contributed by atoms with Crippen molar-refractivity contribution in [3.05, 3.63) is 57.6 Å².